The third kappa shape index (κ3) is 4.28. The summed E-state index contributed by atoms with van der Waals surface area (Å²) in [5, 5.41) is 3.52. The molecule has 2 nitrogen and oxygen atoms in total. The van der Waals surface area contributed by atoms with Crippen molar-refractivity contribution in [3.8, 4) is 0 Å². The minimum Gasteiger partial charge on any atom is -0.356 e. The maximum Gasteiger partial charge on any atom is 0.216 e. The summed E-state index contributed by atoms with van der Waals surface area (Å²) in [6.45, 7) is 2.25. The van der Waals surface area contributed by atoms with Gasteiger partial charge in [-0.25, -0.2) is 0 Å². The third-order valence-corrected chi connectivity index (χ3v) is 2.14. The van der Waals surface area contributed by atoms with Gasteiger partial charge in [-0.05, 0) is 30.5 Å². The van der Waals surface area contributed by atoms with Crippen molar-refractivity contribution in [1.82, 2.24) is 5.32 Å². The van der Waals surface area contributed by atoms with E-state index in [1.54, 1.807) is 0 Å². The normalized spacial score (nSPS) is 9.86. The van der Waals surface area contributed by atoms with Crippen molar-refractivity contribution in [3.63, 3.8) is 0 Å². The molecule has 0 spiro atoms. The second-order valence-corrected chi connectivity index (χ2v) is 3.65. The molecule has 0 aliphatic carbocycles. The summed E-state index contributed by atoms with van der Waals surface area (Å²) in [7, 11) is 0. The van der Waals surface area contributed by atoms with E-state index in [2.05, 4.69) is 5.32 Å². The smallest absolute Gasteiger partial charge is 0.216 e. The first-order chi connectivity index (χ1) is 6.68. The summed E-state index contributed by atoms with van der Waals surface area (Å²) >= 11 is 5.84. The van der Waals surface area contributed by atoms with E-state index in [-0.39, 0.29) is 5.91 Å². The molecular weight excluding hydrogens is 198 g/mol. The highest BCUT2D eigenvalue weighted by Gasteiger charge is 1.95. The summed E-state index contributed by atoms with van der Waals surface area (Å²) in [5.41, 5.74) is 1.21. The molecule has 1 amide bonds. The van der Waals surface area contributed by atoms with Gasteiger partial charge in [0.25, 0.3) is 0 Å². The van der Waals surface area contributed by atoms with Gasteiger partial charge in [0.15, 0.2) is 0 Å². The van der Waals surface area contributed by atoms with E-state index < -0.39 is 0 Å². The molecule has 14 heavy (non-hydrogen) atoms. The maximum absolute atomic E-state index is 10.6. The highest BCUT2D eigenvalue weighted by molar-refractivity contribution is 6.30. The average molecular weight is 212 g/mol. The molecule has 0 radical (unpaired) electrons. The molecule has 0 aromatic heterocycles. The zero-order valence-corrected chi connectivity index (χ0v) is 8.97. The van der Waals surface area contributed by atoms with Gasteiger partial charge in [-0.2, -0.15) is 0 Å². The molecule has 3 heteroatoms. The number of nitrogens with one attached hydrogen (secondary N) is 1. The number of carbonyl (C=O) groups excluding carboxylic acids is 1. The van der Waals surface area contributed by atoms with Crippen LogP contribution in [0.3, 0.4) is 0 Å². The predicted molar refractivity (Wildman–Crippen MR) is 58.5 cm³/mol. The van der Waals surface area contributed by atoms with Crippen LogP contribution in [0.15, 0.2) is 24.3 Å². The lowest BCUT2D eigenvalue weighted by Crippen LogP contribution is -2.21. The van der Waals surface area contributed by atoms with Gasteiger partial charge in [0.05, 0.1) is 0 Å². The molecule has 0 unspecified atom stereocenters. The monoisotopic (exact) mass is 211 g/mol. The van der Waals surface area contributed by atoms with E-state index in [1.807, 2.05) is 24.3 Å². The van der Waals surface area contributed by atoms with Crippen LogP contribution >= 0.6 is 11.6 Å². The molecule has 0 heterocycles. The SMILES string of the molecule is CC(=O)NCCCc1cccc(Cl)c1. The molecule has 0 saturated heterocycles. The summed E-state index contributed by atoms with van der Waals surface area (Å²) in [6.07, 6.45) is 1.89. The number of benzene rings is 1. The first-order valence-electron chi connectivity index (χ1n) is 4.67. The topological polar surface area (TPSA) is 29.1 Å². The highest BCUT2D eigenvalue weighted by atomic mass is 35.5. The zero-order chi connectivity index (χ0) is 10.4. The van der Waals surface area contributed by atoms with Crippen molar-refractivity contribution in [2.75, 3.05) is 6.54 Å². The zero-order valence-electron chi connectivity index (χ0n) is 8.22. The Hall–Kier alpha value is -1.02. The predicted octanol–water partition coefficient (Wildman–Crippen LogP) is 2.41. The summed E-state index contributed by atoms with van der Waals surface area (Å²) < 4.78 is 0. The molecule has 1 rings (SSSR count). The highest BCUT2D eigenvalue weighted by Crippen LogP contribution is 2.11. The lowest BCUT2D eigenvalue weighted by molar-refractivity contribution is -0.118. The van der Waals surface area contributed by atoms with Crippen LogP contribution in [0.2, 0.25) is 5.02 Å². The third-order valence-electron chi connectivity index (χ3n) is 1.91. The Morgan fingerprint density at radius 1 is 1.50 bits per heavy atom. The van der Waals surface area contributed by atoms with Crippen molar-refractivity contribution in [2.45, 2.75) is 19.8 Å². The van der Waals surface area contributed by atoms with Crippen LogP contribution in [0.4, 0.5) is 0 Å². The van der Waals surface area contributed by atoms with Crippen molar-refractivity contribution in [1.29, 1.82) is 0 Å². The Bertz CT molecular complexity index is 312. The van der Waals surface area contributed by atoms with Gasteiger partial charge in [0.2, 0.25) is 5.91 Å². The Kier molecular flexibility index (Phi) is 4.47. The number of halogens is 1. The van der Waals surface area contributed by atoms with E-state index in [0.717, 1.165) is 24.4 Å². The summed E-state index contributed by atoms with van der Waals surface area (Å²) in [4.78, 5) is 10.6. The summed E-state index contributed by atoms with van der Waals surface area (Å²) in [6, 6.07) is 7.80. The minimum absolute atomic E-state index is 0.0242. The van der Waals surface area contributed by atoms with E-state index in [4.69, 9.17) is 11.6 Å². The van der Waals surface area contributed by atoms with Crippen LogP contribution in [-0.4, -0.2) is 12.5 Å². The van der Waals surface area contributed by atoms with Crippen LogP contribution in [0, 0.1) is 0 Å². The molecule has 0 aliphatic rings. The first-order valence-corrected chi connectivity index (χ1v) is 5.05. The fourth-order valence-electron chi connectivity index (χ4n) is 1.25. The van der Waals surface area contributed by atoms with E-state index in [0.29, 0.717) is 0 Å². The van der Waals surface area contributed by atoms with Gasteiger partial charge in [-0.1, -0.05) is 23.7 Å². The minimum atomic E-state index is 0.0242. The average Bonchev–Trinajstić information content (AvgIpc) is 2.12. The lowest BCUT2D eigenvalue weighted by Gasteiger charge is -2.02. The molecule has 0 fully saturated rings. The molecule has 0 saturated carbocycles. The fraction of sp³-hybridized carbons (Fsp3) is 0.364. The van der Waals surface area contributed by atoms with Crippen LogP contribution < -0.4 is 5.32 Å². The van der Waals surface area contributed by atoms with Crippen LogP contribution in [0.25, 0.3) is 0 Å². The molecule has 0 bridgehead atoms. The van der Waals surface area contributed by atoms with Gasteiger partial charge in [-0.15, -0.1) is 0 Å². The number of aryl methyl sites for hydroxylation is 1. The molecule has 1 aromatic carbocycles. The largest absolute Gasteiger partial charge is 0.356 e. The Labute approximate surface area is 89.3 Å². The van der Waals surface area contributed by atoms with Gasteiger partial charge < -0.3 is 5.32 Å². The quantitative estimate of drug-likeness (QED) is 0.762. The van der Waals surface area contributed by atoms with E-state index in [9.17, 15) is 4.79 Å². The standard InChI is InChI=1S/C11H14ClNO/c1-9(14)13-7-3-5-10-4-2-6-11(12)8-10/h2,4,6,8H,3,5,7H2,1H3,(H,13,14). The Balaban J connectivity index is 2.28. The van der Waals surface area contributed by atoms with Crippen LogP contribution in [-0.2, 0) is 11.2 Å². The van der Waals surface area contributed by atoms with E-state index in [1.165, 1.54) is 12.5 Å². The van der Waals surface area contributed by atoms with Crippen molar-refractivity contribution >= 4 is 17.5 Å². The molecule has 76 valence electrons. The van der Waals surface area contributed by atoms with Crippen molar-refractivity contribution < 1.29 is 4.79 Å². The van der Waals surface area contributed by atoms with Crippen LogP contribution in [0.5, 0.6) is 0 Å². The van der Waals surface area contributed by atoms with Crippen LogP contribution in [0.1, 0.15) is 18.9 Å². The van der Waals surface area contributed by atoms with E-state index >= 15 is 0 Å². The van der Waals surface area contributed by atoms with Crippen molar-refractivity contribution in [2.24, 2.45) is 0 Å². The van der Waals surface area contributed by atoms with Crippen molar-refractivity contribution in [3.05, 3.63) is 34.9 Å². The number of amides is 1. The summed E-state index contributed by atoms with van der Waals surface area (Å²) in [5.74, 6) is 0.0242. The molecular formula is C11H14ClNO. The van der Waals surface area contributed by atoms with Gasteiger partial charge in [-0.3, -0.25) is 4.79 Å². The second-order valence-electron chi connectivity index (χ2n) is 3.22. The molecule has 1 aromatic rings. The Morgan fingerprint density at radius 2 is 2.29 bits per heavy atom. The number of hydrogen-bond acceptors (Lipinski definition) is 1. The number of carbonyl (C=O) groups is 1. The Morgan fingerprint density at radius 3 is 2.93 bits per heavy atom. The fourth-order valence-corrected chi connectivity index (χ4v) is 1.46. The lowest BCUT2D eigenvalue weighted by atomic mass is 10.1. The molecule has 1 N–H and O–H groups in total. The first kappa shape index (κ1) is 11.1. The van der Waals surface area contributed by atoms with Gasteiger partial charge in [0.1, 0.15) is 0 Å². The molecule has 0 aliphatic heterocycles. The van der Waals surface area contributed by atoms with Gasteiger partial charge in [0, 0.05) is 18.5 Å². The number of hydrogen-bond donors (Lipinski definition) is 1. The molecule has 0 atom stereocenters. The maximum atomic E-state index is 10.6. The number of rotatable bonds is 4. The second kappa shape index (κ2) is 5.66. The van der Waals surface area contributed by atoms with Gasteiger partial charge >= 0.3 is 0 Å².